The van der Waals surface area contributed by atoms with Crippen molar-refractivity contribution < 1.29 is 12.9 Å². The van der Waals surface area contributed by atoms with Crippen LogP contribution in [0.15, 0.2) is 4.52 Å². The van der Waals surface area contributed by atoms with Gasteiger partial charge in [-0.15, -0.1) is 0 Å². The van der Waals surface area contributed by atoms with Crippen molar-refractivity contribution >= 4 is 9.84 Å². The van der Waals surface area contributed by atoms with Gasteiger partial charge in [-0.2, -0.15) is 4.98 Å². The van der Waals surface area contributed by atoms with Crippen LogP contribution in [0.2, 0.25) is 0 Å². The van der Waals surface area contributed by atoms with E-state index in [9.17, 15) is 8.42 Å². The maximum Gasteiger partial charge on any atom is 0.231 e. The molecule has 0 aliphatic carbocycles. The molecule has 1 rings (SSSR count). The Morgan fingerprint density at radius 1 is 1.47 bits per heavy atom. The standard InChI is InChI=1S/C10H19N3O3S/c1-5-8(7(2)11-3)10-12-9(13-16-10)6-17(4,14)15/h7-8,11H,5-6H2,1-4H3. The van der Waals surface area contributed by atoms with Crippen molar-refractivity contribution in [3.05, 3.63) is 11.7 Å². The van der Waals surface area contributed by atoms with E-state index in [0.29, 0.717) is 5.89 Å². The van der Waals surface area contributed by atoms with Crippen molar-refractivity contribution in [3.63, 3.8) is 0 Å². The number of sulfone groups is 1. The molecule has 0 saturated carbocycles. The number of likely N-dealkylation sites (N-methyl/N-ethyl adjacent to an activating group) is 1. The summed E-state index contributed by atoms with van der Waals surface area (Å²) in [6, 6.07) is 0.200. The van der Waals surface area contributed by atoms with Crippen LogP contribution in [0.25, 0.3) is 0 Å². The third-order valence-corrected chi connectivity index (χ3v) is 3.47. The van der Waals surface area contributed by atoms with Crippen LogP contribution in [-0.4, -0.2) is 37.9 Å². The summed E-state index contributed by atoms with van der Waals surface area (Å²) in [6.07, 6.45) is 2.00. The fourth-order valence-corrected chi connectivity index (χ4v) is 2.24. The lowest BCUT2D eigenvalue weighted by molar-refractivity contribution is 0.320. The first-order valence-corrected chi connectivity index (χ1v) is 7.61. The van der Waals surface area contributed by atoms with Gasteiger partial charge in [-0.25, -0.2) is 8.42 Å². The Morgan fingerprint density at radius 3 is 2.59 bits per heavy atom. The highest BCUT2D eigenvalue weighted by atomic mass is 32.2. The minimum Gasteiger partial charge on any atom is -0.339 e. The van der Waals surface area contributed by atoms with Crippen LogP contribution in [0, 0.1) is 0 Å². The first-order valence-electron chi connectivity index (χ1n) is 5.54. The molecule has 0 saturated heterocycles. The van der Waals surface area contributed by atoms with Crippen LogP contribution in [0.5, 0.6) is 0 Å². The van der Waals surface area contributed by atoms with Gasteiger partial charge in [-0.1, -0.05) is 12.1 Å². The van der Waals surface area contributed by atoms with Crippen LogP contribution >= 0.6 is 0 Å². The topological polar surface area (TPSA) is 85.1 Å². The van der Waals surface area contributed by atoms with Crippen molar-refractivity contribution in [1.29, 1.82) is 0 Å². The number of hydrogen-bond donors (Lipinski definition) is 1. The summed E-state index contributed by atoms with van der Waals surface area (Å²) in [5.74, 6) is 0.638. The minimum atomic E-state index is -3.12. The third-order valence-electron chi connectivity index (χ3n) is 2.69. The van der Waals surface area contributed by atoms with Crippen LogP contribution in [-0.2, 0) is 15.6 Å². The number of rotatable bonds is 6. The fourth-order valence-electron chi connectivity index (χ4n) is 1.65. The van der Waals surface area contributed by atoms with Crippen molar-refractivity contribution in [3.8, 4) is 0 Å². The molecule has 2 atom stereocenters. The second-order valence-electron chi connectivity index (χ2n) is 4.21. The summed E-state index contributed by atoms with van der Waals surface area (Å²) in [5.41, 5.74) is 0. The van der Waals surface area contributed by atoms with Gasteiger partial charge in [0.05, 0.1) is 5.92 Å². The molecule has 0 bridgehead atoms. The molecule has 0 amide bonds. The van der Waals surface area contributed by atoms with E-state index in [-0.39, 0.29) is 23.5 Å². The van der Waals surface area contributed by atoms with Gasteiger partial charge >= 0.3 is 0 Å². The SMILES string of the molecule is CCC(c1nc(CS(C)(=O)=O)no1)C(C)NC. The quantitative estimate of drug-likeness (QED) is 0.812. The number of aromatic nitrogens is 2. The minimum absolute atomic E-state index is 0.0980. The second kappa shape index (κ2) is 5.59. The molecule has 2 unspecified atom stereocenters. The average molecular weight is 261 g/mol. The lowest BCUT2D eigenvalue weighted by Crippen LogP contribution is -2.28. The van der Waals surface area contributed by atoms with Crippen LogP contribution in [0.1, 0.15) is 37.9 Å². The summed E-state index contributed by atoms with van der Waals surface area (Å²) in [6.45, 7) is 4.05. The first kappa shape index (κ1) is 14.1. The predicted octanol–water partition coefficient (Wildman–Crippen LogP) is 0.716. The van der Waals surface area contributed by atoms with Crippen LogP contribution < -0.4 is 5.32 Å². The van der Waals surface area contributed by atoms with Gasteiger partial charge in [0, 0.05) is 12.3 Å². The van der Waals surface area contributed by atoms with E-state index in [1.807, 2.05) is 20.9 Å². The molecule has 1 aromatic rings. The third kappa shape index (κ3) is 4.08. The predicted molar refractivity (Wildman–Crippen MR) is 64.4 cm³/mol. The highest BCUT2D eigenvalue weighted by Crippen LogP contribution is 2.21. The Morgan fingerprint density at radius 2 is 2.12 bits per heavy atom. The van der Waals surface area contributed by atoms with E-state index in [2.05, 4.69) is 15.5 Å². The molecule has 6 nitrogen and oxygen atoms in total. The van der Waals surface area contributed by atoms with E-state index >= 15 is 0 Å². The summed E-state index contributed by atoms with van der Waals surface area (Å²) in [5, 5.41) is 6.82. The summed E-state index contributed by atoms with van der Waals surface area (Å²) >= 11 is 0. The molecule has 1 heterocycles. The van der Waals surface area contributed by atoms with E-state index in [4.69, 9.17) is 4.52 Å². The van der Waals surface area contributed by atoms with E-state index < -0.39 is 9.84 Å². The second-order valence-corrected chi connectivity index (χ2v) is 6.35. The molecular weight excluding hydrogens is 242 g/mol. The highest BCUT2D eigenvalue weighted by Gasteiger charge is 2.23. The lowest BCUT2D eigenvalue weighted by atomic mass is 9.98. The fraction of sp³-hybridized carbons (Fsp3) is 0.800. The number of nitrogens with zero attached hydrogens (tertiary/aromatic N) is 2. The molecule has 17 heavy (non-hydrogen) atoms. The maximum atomic E-state index is 11.1. The van der Waals surface area contributed by atoms with Gasteiger partial charge in [0.2, 0.25) is 5.89 Å². The molecule has 0 aliphatic rings. The Kier molecular flexibility index (Phi) is 4.64. The smallest absolute Gasteiger partial charge is 0.231 e. The molecule has 1 N–H and O–H groups in total. The molecule has 0 aliphatic heterocycles. The number of nitrogens with one attached hydrogen (secondary N) is 1. The zero-order chi connectivity index (χ0) is 13.1. The van der Waals surface area contributed by atoms with E-state index in [1.54, 1.807) is 0 Å². The van der Waals surface area contributed by atoms with Crippen LogP contribution in [0.3, 0.4) is 0 Å². The molecule has 98 valence electrons. The van der Waals surface area contributed by atoms with Crippen molar-refractivity contribution in [1.82, 2.24) is 15.5 Å². The van der Waals surface area contributed by atoms with Gasteiger partial charge in [-0.05, 0) is 20.4 Å². The Balaban J connectivity index is 2.86. The zero-order valence-electron chi connectivity index (χ0n) is 10.6. The molecule has 7 heteroatoms. The average Bonchev–Trinajstić information content (AvgIpc) is 2.64. The van der Waals surface area contributed by atoms with Crippen molar-refractivity contribution in [2.45, 2.75) is 38.0 Å². The molecule has 0 aromatic carbocycles. The van der Waals surface area contributed by atoms with Gasteiger partial charge in [0.25, 0.3) is 0 Å². The van der Waals surface area contributed by atoms with Gasteiger partial charge in [0.15, 0.2) is 15.7 Å². The van der Waals surface area contributed by atoms with E-state index in [0.717, 1.165) is 12.7 Å². The summed E-state index contributed by atoms with van der Waals surface area (Å²) < 4.78 is 27.3. The molecule has 0 spiro atoms. The van der Waals surface area contributed by atoms with Crippen molar-refractivity contribution in [2.75, 3.05) is 13.3 Å². The summed E-state index contributed by atoms with van der Waals surface area (Å²) in [7, 11) is -1.26. The van der Waals surface area contributed by atoms with Gasteiger partial charge in [0.1, 0.15) is 5.75 Å². The van der Waals surface area contributed by atoms with Crippen LogP contribution in [0.4, 0.5) is 0 Å². The lowest BCUT2D eigenvalue weighted by Gasteiger charge is -2.17. The van der Waals surface area contributed by atoms with Gasteiger partial charge < -0.3 is 9.84 Å². The monoisotopic (exact) mass is 261 g/mol. The Labute approximate surface area is 102 Å². The molecule has 0 radical (unpaired) electrons. The normalized spacial score (nSPS) is 15.8. The van der Waals surface area contributed by atoms with Gasteiger partial charge in [-0.3, -0.25) is 0 Å². The Bertz CT molecular complexity index is 455. The first-order chi connectivity index (χ1) is 7.87. The zero-order valence-corrected chi connectivity index (χ0v) is 11.4. The van der Waals surface area contributed by atoms with Crippen molar-refractivity contribution in [2.24, 2.45) is 0 Å². The summed E-state index contributed by atoms with van der Waals surface area (Å²) in [4.78, 5) is 4.14. The largest absolute Gasteiger partial charge is 0.339 e. The maximum absolute atomic E-state index is 11.1. The molecule has 1 aromatic heterocycles. The number of hydrogen-bond acceptors (Lipinski definition) is 6. The Hall–Kier alpha value is -0.950. The molecular formula is C10H19N3O3S. The molecule has 0 fully saturated rings. The van der Waals surface area contributed by atoms with E-state index in [1.165, 1.54) is 0 Å². The highest BCUT2D eigenvalue weighted by molar-refractivity contribution is 7.89.